The highest BCUT2D eigenvalue weighted by Crippen LogP contribution is 2.38. The Bertz CT molecular complexity index is 508. The molecule has 1 amide bonds. The Morgan fingerprint density at radius 3 is 2.75 bits per heavy atom. The van der Waals surface area contributed by atoms with Crippen molar-refractivity contribution < 1.29 is 14.6 Å². The van der Waals surface area contributed by atoms with Gasteiger partial charge in [-0.05, 0) is 37.5 Å². The summed E-state index contributed by atoms with van der Waals surface area (Å²) in [5.41, 5.74) is 1.66. The van der Waals surface area contributed by atoms with Crippen LogP contribution in [0.4, 0.5) is 5.69 Å². The molecule has 1 unspecified atom stereocenters. The fourth-order valence-electron chi connectivity index (χ4n) is 3.32. The van der Waals surface area contributed by atoms with Crippen LogP contribution in [0.5, 0.6) is 5.75 Å². The SMILES string of the molecule is COc1ccc2c(c1)C(O)CCN2C(=O)C1CCCC1. The largest absolute Gasteiger partial charge is 0.497 e. The number of hydrogen-bond acceptors (Lipinski definition) is 3. The molecule has 3 rings (SSSR count). The molecule has 1 aromatic carbocycles. The monoisotopic (exact) mass is 275 g/mol. The van der Waals surface area contributed by atoms with Crippen LogP contribution in [0, 0.1) is 5.92 Å². The lowest BCUT2D eigenvalue weighted by atomic mass is 9.96. The summed E-state index contributed by atoms with van der Waals surface area (Å²) >= 11 is 0. The Hall–Kier alpha value is -1.55. The minimum atomic E-state index is -0.507. The van der Waals surface area contributed by atoms with Gasteiger partial charge in [-0.15, -0.1) is 0 Å². The molecule has 0 radical (unpaired) electrons. The first-order chi connectivity index (χ1) is 9.70. The molecular weight excluding hydrogens is 254 g/mol. The Kier molecular flexibility index (Phi) is 3.66. The van der Waals surface area contributed by atoms with E-state index in [0.29, 0.717) is 13.0 Å². The quantitative estimate of drug-likeness (QED) is 0.902. The van der Waals surface area contributed by atoms with Crippen LogP contribution in [0.1, 0.15) is 43.8 Å². The number of carbonyl (C=O) groups is 1. The van der Waals surface area contributed by atoms with Crippen molar-refractivity contribution in [3.63, 3.8) is 0 Å². The fraction of sp³-hybridized carbons (Fsp3) is 0.562. The Labute approximate surface area is 119 Å². The van der Waals surface area contributed by atoms with E-state index in [2.05, 4.69) is 0 Å². The molecule has 1 aliphatic heterocycles. The van der Waals surface area contributed by atoms with Crippen LogP contribution in [0.3, 0.4) is 0 Å². The number of aliphatic hydroxyl groups excluding tert-OH is 1. The molecular formula is C16H21NO3. The highest BCUT2D eigenvalue weighted by atomic mass is 16.5. The number of fused-ring (bicyclic) bond motifs is 1. The van der Waals surface area contributed by atoms with E-state index in [9.17, 15) is 9.90 Å². The molecule has 0 spiro atoms. The lowest BCUT2D eigenvalue weighted by Crippen LogP contribution is -2.40. The predicted octanol–water partition coefficient (Wildman–Crippen LogP) is 2.66. The summed E-state index contributed by atoms with van der Waals surface area (Å²) < 4.78 is 5.21. The normalized spacial score (nSPS) is 22.7. The Morgan fingerprint density at radius 2 is 2.05 bits per heavy atom. The zero-order chi connectivity index (χ0) is 14.1. The summed E-state index contributed by atoms with van der Waals surface area (Å²) in [5, 5.41) is 10.2. The van der Waals surface area contributed by atoms with E-state index in [4.69, 9.17) is 4.74 Å². The lowest BCUT2D eigenvalue weighted by molar-refractivity contribution is -0.122. The second-order valence-corrected chi connectivity index (χ2v) is 5.70. The lowest BCUT2D eigenvalue weighted by Gasteiger charge is -2.34. The Balaban J connectivity index is 1.91. The van der Waals surface area contributed by atoms with E-state index in [1.165, 1.54) is 0 Å². The van der Waals surface area contributed by atoms with Gasteiger partial charge in [0.05, 0.1) is 13.2 Å². The average molecular weight is 275 g/mol. The number of rotatable bonds is 2. The van der Waals surface area contributed by atoms with E-state index < -0.39 is 6.10 Å². The number of hydrogen-bond donors (Lipinski definition) is 1. The van der Waals surface area contributed by atoms with Gasteiger partial charge in [-0.2, -0.15) is 0 Å². The van der Waals surface area contributed by atoms with E-state index in [-0.39, 0.29) is 11.8 Å². The second-order valence-electron chi connectivity index (χ2n) is 5.70. The number of benzene rings is 1. The van der Waals surface area contributed by atoms with Gasteiger partial charge < -0.3 is 14.7 Å². The standard InChI is InChI=1S/C16H21NO3/c1-20-12-6-7-14-13(10-12)15(18)8-9-17(14)16(19)11-4-2-3-5-11/h6-7,10-11,15,18H,2-5,8-9H2,1H3. The third-order valence-corrected chi connectivity index (χ3v) is 4.48. The van der Waals surface area contributed by atoms with Crippen molar-refractivity contribution in [3.05, 3.63) is 23.8 Å². The van der Waals surface area contributed by atoms with Crippen LogP contribution in [0.2, 0.25) is 0 Å². The van der Waals surface area contributed by atoms with Crippen molar-refractivity contribution >= 4 is 11.6 Å². The van der Waals surface area contributed by atoms with Crippen LogP contribution in [-0.2, 0) is 4.79 Å². The van der Waals surface area contributed by atoms with Crippen molar-refractivity contribution in [2.45, 2.75) is 38.2 Å². The molecule has 0 saturated heterocycles. The van der Waals surface area contributed by atoms with Gasteiger partial charge in [-0.1, -0.05) is 12.8 Å². The molecule has 1 fully saturated rings. The minimum Gasteiger partial charge on any atom is -0.497 e. The van der Waals surface area contributed by atoms with Crippen LogP contribution >= 0.6 is 0 Å². The summed E-state index contributed by atoms with van der Waals surface area (Å²) in [4.78, 5) is 14.5. The Morgan fingerprint density at radius 1 is 1.30 bits per heavy atom. The molecule has 1 N–H and O–H groups in total. The summed E-state index contributed by atoms with van der Waals surface area (Å²) in [6.45, 7) is 0.607. The number of methoxy groups -OCH3 is 1. The van der Waals surface area contributed by atoms with E-state index >= 15 is 0 Å². The number of aliphatic hydroxyl groups is 1. The number of amides is 1. The van der Waals surface area contributed by atoms with Gasteiger partial charge in [-0.25, -0.2) is 0 Å². The number of carbonyl (C=O) groups excluding carboxylic acids is 1. The van der Waals surface area contributed by atoms with Crippen molar-refractivity contribution in [1.29, 1.82) is 0 Å². The summed E-state index contributed by atoms with van der Waals surface area (Å²) in [7, 11) is 1.61. The van der Waals surface area contributed by atoms with E-state index in [0.717, 1.165) is 42.7 Å². The molecule has 4 nitrogen and oxygen atoms in total. The van der Waals surface area contributed by atoms with Gasteiger partial charge in [0.2, 0.25) is 5.91 Å². The minimum absolute atomic E-state index is 0.167. The number of anilines is 1. The van der Waals surface area contributed by atoms with Gasteiger partial charge in [0.25, 0.3) is 0 Å². The highest BCUT2D eigenvalue weighted by molar-refractivity contribution is 5.96. The molecule has 0 aromatic heterocycles. The van der Waals surface area contributed by atoms with Gasteiger partial charge >= 0.3 is 0 Å². The molecule has 1 aromatic rings. The van der Waals surface area contributed by atoms with Crippen LogP contribution in [-0.4, -0.2) is 24.7 Å². The molecule has 1 atom stereocenters. The van der Waals surface area contributed by atoms with Crippen LogP contribution in [0.25, 0.3) is 0 Å². The molecule has 2 aliphatic rings. The van der Waals surface area contributed by atoms with Crippen molar-refractivity contribution in [3.8, 4) is 5.75 Å². The molecule has 4 heteroatoms. The van der Waals surface area contributed by atoms with Crippen molar-refractivity contribution in [2.24, 2.45) is 5.92 Å². The first-order valence-corrected chi connectivity index (χ1v) is 7.38. The molecule has 1 saturated carbocycles. The van der Waals surface area contributed by atoms with E-state index in [1.54, 1.807) is 7.11 Å². The summed E-state index contributed by atoms with van der Waals surface area (Å²) in [6, 6.07) is 5.59. The molecule has 0 bridgehead atoms. The molecule has 1 aliphatic carbocycles. The highest BCUT2D eigenvalue weighted by Gasteiger charge is 2.33. The zero-order valence-corrected chi connectivity index (χ0v) is 11.8. The first-order valence-electron chi connectivity index (χ1n) is 7.38. The molecule has 108 valence electrons. The maximum Gasteiger partial charge on any atom is 0.230 e. The van der Waals surface area contributed by atoms with Crippen LogP contribution in [0.15, 0.2) is 18.2 Å². The predicted molar refractivity (Wildman–Crippen MR) is 76.9 cm³/mol. The van der Waals surface area contributed by atoms with Gasteiger partial charge in [0.1, 0.15) is 5.75 Å². The van der Waals surface area contributed by atoms with Gasteiger partial charge in [0.15, 0.2) is 0 Å². The third-order valence-electron chi connectivity index (χ3n) is 4.48. The number of nitrogens with zero attached hydrogens (tertiary/aromatic N) is 1. The van der Waals surface area contributed by atoms with Crippen molar-refractivity contribution in [2.75, 3.05) is 18.6 Å². The molecule has 1 heterocycles. The maximum atomic E-state index is 12.6. The number of ether oxygens (including phenoxy) is 1. The second kappa shape index (κ2) is 5.44. The van der Waals surface area contributed by atoms with Gasteiger partial charge in [0, 0.05) is 23.7 Å². The van der Waals surface area contributed by atoms with Gasteiger partial charge in [-0.3, -0.25) is 4.79 Å². The van der Waals surface area contributed by atoms with E-state index in [1.807, 2.05) is 23.1 Å². The molecule has 20 heavy (non-hydrogen) atoms. The summed E-state index contributed by atoms with van der Waals surface area (Å²) in [6.07, 6.45) is 4.41. The average Bonchev–Trinajstić information content (AvgIpc) is 3.01. The smallest absolute Gasteiger partial charge is 0.230 e. The van der Waals surface area contributed by atoms with Crippen LogP contribution < -0.4 is 9.64 Å². The van der Waals surface area contributed by atoms with Crippen molar-refractivity contribution in [1.82, 2.24) is 0 Å². The first kappa shape index (κ1) is 13.4. The topological polar surface area (TPSA) is 49.8 Å². The zero-order valence-electron chi connectivity index (χ0n) is 11.8. The fourth-order valence-corrected chi connectivity index (χ4v) is 3.32. The maximum absolute atomic E-state index is 12.6. The summed E-state index contributed by atoms with van der Waals surface area (Å²) in [5.74, 6) is 1.11. The third kappa shape index (κ3) is 2.29.